The highest BCUT2D eigenvalue weighted by Crippen LogP contribution is 2.29. The molecule has 0 saturated carbocycles. The van der Waals surface area contributed by atoms with Gasteiger partial charge in [0.15, 0.2) is 0 Å². The van der Waals surface area contributed by atoms with Crippen LogP contribution in [0.2, 0.25) is 0 Å². The largest absolute Gasteiger partial charge is 0.332 e. The van der Waals surface area contributed by atoms with Gasteiger partial charge >= 0.3 is 0 Å². The van der Waals surface area contributed by atoms with Crippen LogP contribution < -0.4 is 0 Å². The minimum Gasteiger partial charge on any atom is -0.332 e. The number of carbonyl (C=O) groups is 2. The van der Waals surface area contributed by atoms with Gasteiger partial charge in [0.25, 0.3) is 11.8 Å². The van der Waals surface area contributed by atoms with Gasteiger partial charge in [-0.3, -0.25) is 20.0 Å². The van der Waals surface area contributed by atoms with Crippen LogP contribution in [-0.4, -0.2) is 38.9 Å². The second kappa shape index (κ2) is 7.20. The summed E-state index contributed by atoms with van der Waals surface area (Å²) >= 11 is 0. The van der Waals surface area contributed by atoms with Crippen LogP contribution in [0.25, 0.3) is 0 Å². The van der Waals surface area contributed by atoms with Crippen molar-refractivity contribution in [3.05, 3.63) is 47.5 Å². The van der Waals surface area contributed by atoms with E-state index in [-0.39, 0.29) is 18.4 Å². The lowest BCUT2D eigenvalue weighted by atomic mass is 9.98. The van der Waals surface area contributed by atoms with Crippen LogP contribution in [0.15, 0.2) is 42.0 Å². The van der Waals surface area contributed by atoms with Crippen LogP contribution in [0.3, 0.4) is 0 Å². The number of benzene rings is 1. The fraction of sp³-hybridized carbons (Fsp3) is 0.375. The Morgan fingerprint density at radius 2 is 2.00 bits per heavy atom. The predicted octanol–water partition coefficient (Wildman–Crippen LogP) is 2.29. The maximum Gasteiger partial charge on any atom is 0.277 e. The van der Waals surface area contributed by atoms with Crippen molar-refractivity contribution in [1.82, 2.24) is 10.1 Å². The highest BCUT2D eigenvalue weighted by molar-refractivity contribution is 5.99. The molecule has 22 heavy (non-hydrogen) atoms. The quantitative estimate of drug-likeness (QED) is 0.646. The van der Waals surface area contributed by atoms with Gasteiger partial charge in [-0.05, 0) is 18.4 Å². The molecule has 2 rings (SSSR count). The summed E-state index contributed by atoms with van der Waals surface area (Å²) in [5.41, 5.74) is 1.36. The Morgan fingerprint density at radius 3 is 2.59 bits per heavy atom. The number of rotatable bonds is 5. The average molecular weight is 304 g/mol. The van der Waals surface area contributed by atoms with Crippen LogP contribution >= 0.6 is 0 Å². The zero-order valence-corrected chi connectivity index (χ0v) is 12.5. The Hall–Kier alpha value is -2.18. The van der Waals surface area contributed by atoms with E-state index in [0.29, 0.717) is 18.5 Å². The van der Waals surface area contributed by atoms with E-state index in [2.05, 4.69) is 0 Å². The van der Waals surface area contributed by atoms with Crippen molar-refractivity contribution in [1.29, 1.82) is 0 Å². The molecule has 6 heteroatoms. The molecule has 0 bridgehead atoms. The first-order valence-electron chi connectivity index (χ1n) is 7.30. The maximum absolute atomic E-state index is 12.6. The van der Waals surface area contributed by atoms with Crippen LogP contribution in [0.1, 0.15) is 37.8 Å². The van der Waals surface area contributed by atoms with Crippen molar-refractivity contribution in [2.75, 3.05) is 6.54 Å². The van der Waals surface area contributed by atoms with E-state index in [4.69, 9.17) is 10.4 Å². The third kappa shape index (κ3) is 3.52. The highest BCUT2D eigenvalue weighted by atomic mass is 16.8. The van der Waals surface area contributed by atoms with E-state index in [1.54, 1.807) is 11.0 Å². The molecule has 0 aromatic heterocycles. The topological polar surface area (TPSA) is 81.1 Å². The molecule has 0 radical (unpaired) electrons. The van der Waals surface area contributed by atoms with Crippen molar-refractivity contribution in [2.45, 2.75) is 32.2 Å². The van der Waals surface area contributed by atoms with Gasteiger partial charge in [-0.25, -0.2) is 0 Å². The summed E-state index contributed by atoms with van der Waals surface area (Å²) in [5.74, 6) is -1.15. The Kier molecular flexibility index (Phi) is 5.30. The lowest BCUT2D eigenvalue weighted by Crippen LogP contribution is -2.40. The lowest BCUT2D eigenvalue weighted by Gasteiger charge is -2.34. The van der Waals surface area contributed by atoms with Gasteiger partial charge in [0.05, 0.1) is 12.5 Å². The number of hydrogen-bond donors (Lipinski definition) is 2. The number of nitrogens with zero attached hydrogens (tertiary/aromatic N) is 2. The highest BCUT2D eigenvalue weighted by Gasteiger charge is 2.30. The van der Waals surface area contributed by atoms with Crippen molar-refractivity contribution >= 4 is 11.8 Å². The molecule has 6 nitrogen and oxygen atoms in total. The minimum atomic E-state index is -0.922. The molecule has 0 aliphatic carbocycles. The second-order valence-corrected chi connectivity index (χ2v) is 5.21. The minimum absolute atomic E-state index is 0.0492. The van der Waals surface area contributed by atoms with Crippen molar-refractivity contribution in [3.63, 3.8) is 0 Å². The number of hydrogen-bond acceptors (Lipinski definition) is 4. The third-order valence-corrected chi connectivity index (χ3v) is 3.81. The molecule has 1 unspecified atom stereocenters. The van der Waals surface area contributed by atoms with E-state index in [1.165, 1.54) is 0 Å². The van der Waals surface area contributed by atoms with E-state index in [1.807, 2.05) is 37.3 Å². The Bertz CT molecular complexity index is 569. The van der Waals surface area contributed by atoms with Crippen molar-refractivity contribution in [3.8, 4) is 0 Å². The third-order valence-electron chi connectivity index (χ3n) is 3.81. The molecule has 1 aliphatic heterocycles. The molecular formula is C16H20N2O4. The first-order valence-corrected chi connectivity index (χ1v) is 7.30. The molecule has 2 amide bonds. The molecular weight excluding hydrogens is 284 g/mol. The standard InChI is InChI=1S/C16H20N2O4/c1-2-14(12-7-4-3-5-8-12)17-10-6-9-13(16(17)20)11-15(19)18(21)22/h3-5,7-9,14,21-22H,2,6,10-11H2,1H3. The fourth-order valence-corrected chi connectivity index (χ4v) is 2.74. The summed E-state index contributed by atoms with van der Waals surface area (Å²) < 4.78 is 0. The SMILES string of the molecule is CCC(c1ccccc1)N1CCC=C(CC(=O)N(O)O)C1=O. The van der Waals surface area contributed by atoms with E-state index in [0.717, 1.165) is 12.0 Å². The monoisotopic (exact) mass is 304 g/mol. The van der Waals surface area contributed by atoms with Gasteiger partial charge < -0.3 is 4.90 Å². The van der Waals surface area contributed by atoms with Gasteiger partial charge in [0, 0.05) is 12.1 Å². The van der Waals surface area contributed by atoms with E-state index < -0.39 is 11.1 Å². The zero-order chi connectivity index (χ0) is 16.1. The Balaban J connectivity index is 2.17. The molecule has 1 aliphatic rings. The molecule has 1 atom stereocenters. The summed E-state index contributed by atoms with van der Waals surface area (Å²) in [7, 11) is 0. The van der Waals surface area contributed by atoms with Gasteiger partial charge in [0.2, 0.25) is 0 Å². The summed E-state index contributed by atoms with van der Waals surface area (Å²) in [4.78, 5) is 25.7. The first kappa shape index (κ1) is 16.2. The predicted molar refractivity (Wildman–Crippen MR) is 78.9 cm³/mol. The van der Waals surface area contributed by atoms with Crippen LogP contribution in [0, 0.1) is 0 Å². The zero-order valence-electron chi connectivity index (χ0n) is 12.5. The summed E-state index contributed by atoms with van der Waals surface area (Å²) in [6.07, 6.45) is 2.79. The fourth-order valence-electron chi connectivity index (χ4n) is 2.74. The molecule has 1 aromatic carbocycles. The Morgan fingerprint density at radius 1 is 1.32 bits per heavy atom. The maximum atomic E-state index is 12.6. The normalized spacial score (nSPS) is 16.2. The van der Waals surface area contributed by atoms with Gasteiger partial charge in [-0.1, -0.05) is 48.6 Å². The average Bonchev–Trinajstić information content (AvgIpc) is 2.52. The smallest absolute Gasteiger partial charge is 0.277 e. The molecule has 0 fully saturated rings. The van der Waals surface area contributed by atoms with Gasteiger partial charge in [0.1, 0.15) is 0 Å². The molecule has 2 N–H and O–H groups in total. The van der Waals surface area contributed by atoms with Crippen molar-refractivity contribution in [2.24, 2.45) is 0 Å². The van der Waals surface area contributed by atoms with Crippen LogP contribution in [0.4, 0.5) is 0 Å². The Labute approximate surface area is 129 Å². The molecule has 0 saturated heterocycles. The number of amides is 2. The second-order valence-electron chi connectivity index (χ2n) is 5.21. The number of carbonyl (C=O) groups excluding carboxylic acids is 2. The van der Waals surface area contributed by atoms with E-state index >= 15 is 0 Å². The van der Waals surface area contributed by atoms with Gasteiger partial charge in [-0.2, -0.15) is 0 Å². The summed E-state index contributed by atoms with van der Waals surface area (Å²) in [5, 5.41) is 17.0. The summed E-state index contributed by atoms with van der Waals surface area (Å²) in [6.45, 7) is 2.60. The summed E-state index contributed by atoms with van der Waals surface area (Å²) in [6, 6.07) is 9.70. The molecule has 0 spiro atoms. The first-order chi connectivity index (χ1) is 10.5. The lowest BCUT2D eigenvalue weighted by molar-refractivity contribution is -0.284. The van der Waals surface area contributed by atoms with E-state index in [9.17, 15) is 9.59 Å². The van der Waals surface area contributed by atoms with Crippen LogP contribution in [0.5, 0.6) is 0 Å². The molecule has 118 valence electrons. The molecule has 1 heterocycles. The van der Waals surface area contributed by atoms with Crippen molar-refractivity contribution < 1.29 is 20.0 Å². The molecule has 1 aromatic rings. The van der Waals surface area contributed by atoms with Gasteiger partial charge in [-0.15, -0.1) is 0 Å². The van der Waals surface area contributed by atoms with Crippen LogP contribution in [-0.2, 0) is 9.59 Å². The number of hydroxylamine groups is 2.